The van der Waals surface area contributed by atoms with Crippen molar-refractivity contribution in [3.8, 4) is 0 Å². The van der Waals surface area contributed by atoms with Crippen molar-refractivity contribution >= 4 is 23.3 Å². The van der Waals surface area contributed by atoms with E-state index in [-0.39, 0.29) is 11.9 Å². The number of piperidine rings is 1. The van der Waals surface area contributed by atoms with Gasteiger partial charge in [0.2, 0.25) is 0 Å². The minimum absolute atomic E-state index is 0.0898. The Balaban J connectivity index is 1.32. The Morgan fingerprint density at radius 2 is 2.00 bits per heavy atom. The molecule has 0 spiro atoms. The number of nitrogens with zero attached hydrogens (tertiary/aromatic N) is 4. The van der Waals surface area contributed by atoms with Crippen LogP contribution in [-0.2, 0) is 0 Å². The molecule has 0 bridgehead atoms. The van der Waals surface area contributed by atoms with E-state index >= 15 is 0 Å². The first kappa shape index (κ1) is 15.9. The monoisotopic (exact) mass is 345 g/mol. The minimum Gasteiger partial charge on any atom is -0.348 e. The van der Waals surface area contributed by atoms with Gasteiger partial charge in [0.25, 0.3) is 5.91 Å². The maximum absolute atomic E-state index is 12.4. The number of hydrogen-bond acceptors (Lipinski definition) is 5. The van der Waals surface area contributed by atoms with Crippen LogP contribution in [0.2, 0.25) is 0 Å². The molecule has 2 saturated heterocycles. The lowest BCUT2D eigenvalue weighted by molar-refractivity contribution is 0.0881. The average molecular weight is 345 g/mol. The topological polar surface area (TPSA) is 62.5 Å². The van der Waals surface area contributed by atoms with E-state index in [1.807, 2.05) is 0 Å². The number of likely N-dealkylation sites (tertiary alicyclic amines) is 1. The zero-order valence-electron chi connectivity index (χ0n) is 13.7. The van der Waals surface area contributed by atoms with E-state index < -0.39 is 0 Å². The molecule has 4 rings (SSSR count). The summed E-state index contributed by atoms with van der Waals surface area (Å²) in [6.45, 7) is 2.18. The number of rotatable bonds is 3. The molecule has 0 aliphatic carbocycles. The highest BCUT2D eigenvalue weighted by Gasteiger charge is 2.27. The number of hydrogen-bond donors (Lipinski definition) is 1. The Kier molecular flexibility index (Phi) is 4.71. The van der Waals surface area contributed by atoms with Crippen molar-refractivity contribution in [3.05, 3.63) is 30.2 Å². The number of aromatic nitrogens is 3. The van der Waals surface area contributed by atoms with Crippen LogP contribution in [0.3, 0.4) is 0 Å². The van der Waals surface area contributed by atoms with Gasteiger partial charge < -0.3 is 10.2 Å². The molecule has 24 heavy (non-hydrogen) atoms. The second-order valence-electron chi connectivity index (χ2n) is 6.58. The Morgan fingerprint density at radius 3 is 2.75 bits per heavy atom. The van der Waals surface area contributed by atoms with Crippen molar-refractivity contribution in [2.75, 3.05) is 24.6 Å². The molecule has 7 heteroatoms. The van der Waals surface area contributed by atoms with Gasteiger partial charge in [0.15, 0.2) is 11.3 Å². The van der Waals surface area contributed by atoms with Gasteiger partial charge >= 0.3 is 0 Å². The second kappa shape index (κ2) is 7.11. The fourth-order valence-corrected chi connectivity index (χ4v) is 4.74. The molecular weight excluding hydrogens is 322 g/mol. The van der Waals surface area contributed by atoms with Gasteiger partial charge in [-0.2, -0.15) is 16.9 Å². The molecule has 1 amide bonds. The van der Waals surface area contributed by atoms with Gasteiger partial charge in [-0.3, -0.25) is 4.79 Å². The third-order valence-electron chi connectivity index (χ3n) is 5.04. The highest BCUT2D eigenvalue weighted by atomic mass is 32.2. The summed E-state index contributed by atoms with van der Waals surface area (Å²) in [4.78, 5) is 19.3. The van der Waals surface area contributed by atoms with Crippen LogP contribution in [0, 0.1) is 0 Å². The number of thioether (sulfide) groups is 1. The Hall–Kier alpha value is -1.60. The first-order valence-electron chi connectivity index (χ1n) is 8.73. The van der Waals surface area contributed by atoms with E-state index in [0.29, 0.717) is 11.3 Å². The van der Waals surface area contributed by atoms with E-state index in [1.165, 1.54) is 24.3 Å². The standard InChI is InChI=1S/C17H23N5OS/c23-17(15-12-16-18-6-1-7-22(16)20-15)19-13-2-8-21(9-3-13)14-4-10-24-11-5-14/h1,6-7,12-14H,2-5,8-11H2,(H,19,23). The molecular formula is C17H23N5OS. The number of amides is 1. The molecule has 2 aromatic rings. The van der Waals surface area contributed by atoms with Crippen LogP contribution in [-0.4, -0.2) is 62.1 Å². The van der Waals surface area contributed by atoms with Crippen molar-refractivity contribution in [1.29, 1.82) is 0 Å². The van der Waals surface area contributed by atoms with E-state index in [1.54, 1.807) is 29.0 Å². The summed E-state index contributed by atoms with van der Waals surface area (Å²) >= 11 is 2.07. The van der Waals surface area contributed by atoms with Crippen LogP contribution in [0.15, 0.2) is 24.5 Å². The van der Waals surface area contributed by atoms with Crippen LogP contribution in [0.5, 0.6) is 0 Å². The van der Waals surface area contributed by atoms with Gasteiger partial charge in [-0.05, 0) is 43.3 Å². The van der Waals surface area contributed by atoms with Crippen LogP contribution in [0.25, 0.3) is 5.65 Å². The zero-order chi connectivity index (χ0) is 16.4. The summed E-state index contributed by atoms with van der Waals surface area (Å²) in [5.74, 6) is 2.50. The SMILES string of the molecule is O=C(NC1CCN(C2CCSCC2)CC1)c1cc2ncccn2n1. The van der Waals surface area contributed by atoms with Gasteiger partial charge in [-0.25, -0.2) is 9.50 Å². The summed E-state index contributed by atoms with van der Waals surface area (Å²) in [5, 5.41) is 7.44. The molecule has 0 saturated carbocycles. The fraction of sp³-hybridized carbons (Fsp3) is 0.588. The van der Waals surface area contributed by atoms with Crippen molar-refractivity contribution in [1.82, 2.24) is 24.8 Å². The van der Waals surface area contributed by atoms with E-state index in [2.05, 4.69) is 32.1 Å². The first-order chi connectivity index (χ1) is 11.8. The quantitative estimate of drug-likeness (QED) is 0.919. The van der Waals surface area contributed by atoms with Crippen LogP contribution >= 0.6 is 11.8 Å². The molecule has 4 heterocycles. The molecule has 0 aromatic carbocycles. The number of carbonyl (C=O) groups excluding carboxylic acids is 1. The van der Waals surface area contributed by atoms with Gasteiger partial charge in [0.1, 0.15) is 0 Å². The summed E-state index contributed by atoms with van der Waals surface area (Å²) in [5.41, 5.74) is 1.15. The molecule has 2 aromatic heterocycles. The number of carbonyl (C=O) groups is 1. The molecule has 0 radical (unpaired) electrons. The third kappa shape index (κ3) is 3.42. The lowest BCUT2D eigenvalue weighted by atomic mass is 10.0. The summed E-state index contributed by atoms with van der Waals surface area (Å²) in [6, 6.07) is 4.56. The van der Waals surface area contributed by atoms with Crippen molar-refractivity contribution in [2.24, 2.45) is 0 Å². The van der Waals surface area contributed by atoms with Gasteiger partial charge in [0.05, 0.1) is 0 Å². The Labute approximate surface area is 146 Å². The fourth-order valence-electron chi connectivity index (χ4n) is 3.66. The minimum atomic E-state index is -0.0898. The summed E-state index contributed by atoms with van der Waals surface area (Å²) in [6.07, 6.45) is 8.20. The predicted molar refractivity (Wildman–Crippen MR) is 95.4 cm³/mol. The maximum Gasteiger partial charge on any atom is 0.272 e. The van der Waals surface area contributed by atoms with Gasteiger partial charge in [-0.15, -0.1) is 0 Å². The molecule has 2 fully saturated rings. The van der Waals surface area contributed by atoms with Crippen LogP contribution < -0.4 is 5.32 Å². The lowest BCUT2D eigenvalue weighted by Crippen LogP contribution is -2.48. The molecule has 1 N–H and O–H groups in total. The van der Waals surface area contributed by atoms with Gasteiger partial charge in [-0.1, -0.05) is 0 Å². The molecule has 2 aliphatic heterocycles. The number of fused-ring (bicyclic) bond motifs is 1. The molecule has 128 valence electrons. The second-order valence-corrected chi connectivity index (χ2v) is 7.80. The molecule has 6 nitrogen and oxygen atoms in total. The van der Waals surface area contributed by atoms with Crippen LogP contribution in [0.1, 0.15) is 36.2 Å². The first-order valence-corrected chi connectivity index (χ1v) is 9.88. The van der Waals surface area contributed by atoms with Gasteiger partial charge in [0, 0.05) is 43.6 Å². The highest BCUT2D eigenvalue weighted by molar-refractivity contribution is 7.99. The van der Waals surface area contributed by atoms with Crippen molar-refractivity contribution in [2.45, 2.75) is 37.8 Å². The van der Waals surface area contributed by atoms with Crippen molar-refractivity contribution < 1.29 is 4.79 Å². The Bertz CT molecular complexity index is 671. The Morgan fingerprint density at radius 1 is 1.21 bits per heavy atom. The van der Waals surface area contributed by atoms with E-state index in [4.69, 9.17) is 0 Å². The summed E-state index contributed by atoms with van der Waals surface area (Å²) < 4.78 is 1.64. The van der Waals surface area contributed by atoms with E-state index in [9.17, 15) is 4.79 Å². The van der Waals surface area contributed by atoms with Crippen molar-refractivity contribution in [3.63, 3.8) is 0 Å². The number of nitrogens with one attached hydrogen (secondary N) is 1. The molecule has 0 atom stereocenters. The molecule has 2 aliphatic rings. The average Bonchev–Trinajstić information content (AvgIpc) is 3.07. The predicted octanol–water partition coefficient (Wildman–Crippen LogP) is 1.82. The largest absolute Gasteiger partial charge is 0.348 e. The van der Waals surface area contributed by atoms with E-state index in [0.717, 1.165) is 32.0 Å². The normalized spacial score (nSPS) is 21.2. The molecule has 0 unspecified atom stereocenters. The summed E-state index contributed by atoms with van der Waals surface area (Å²) in [7, 11) is 0. The third-order valence-corrected chi connectivity index (χ3v) is 6.09. The van der Waals surface area contributed by atoms with Crippen LogP contribution in [0.4, 0.5) is 0 Å². The lowest BCUT2D eigenvalue weighted by Gasteiger charge is -2.39. The maximum atomic E-state index is 12.4. The highest BCUT2D eigenvalue weighted by Crippen LogP contribution is 2.24. The smallest absolute Gasteiger partial charge is 0.272 e. The zero-order valence-corrected chi connectivity index (χ0v) is 14.5.